The summed E-state index contributed by atoms with van der Waals surface area (Å²) in [6, 6.07) is 3.60. The predicted molar refractivity (Wildman–Crippen MR) is 86.1 cm³/mol. The van der Waals surface area contributed by atoms with Crippen molar-refractivity contribution in [2.45, 2.75) is 0 Å². The topological polar surface area (TPSA) is 98.0 Å². The molecule has 2 aromatic rings. The van der Waals surface area contributed by atoms with Crippen LogP contribution in [0.15, 0.2) is 31.6 Å². The van der Waals surface area contributed by atoms with Gasteiger partial charge in [-0.2, -0.15) is 0 Å². The lowest BCUT2D eigenvalue weighted by Gasteiger charge is -2.11. The molecule has 0 saturated heterocycles. The van der Waals surface area contributed by atoms with E-state index in [1.807, 2.05) is 0 Å². The number of carbonyl (C=O) groups excluding carboxylic acids is 1. The van der Waals surface area contributed by atoms with E-state index in [-0.39, 0.29) is 30.3 Å². The standard InChI is InChI=1S/C13H7Br3O5/c14-8-5(3-7(18)13(21)10(8)16)11(19)4-1-2-6(17)12(20)9(4)15/h1-3,17-18,20-21H. The Labute approximate surface area is 144 Å². The number of halogens is 3. The van der Waals surface area contributed by atoms with Crippen molar-refractivity contribution in [1.82, 2.24) is 0 Å². The van der Waals surface area contributed by atoms with Crippen LogP contribution < -0.4 is 0 Å². The van der Waals surface area contributed by atoms with Gasteiger partial charge in [-0.15, -0.1) is 0 Å². The van der Waals surface area contributed by atoms with Gasteiger partial charge in [0.1, 0.15) is 0 Å². The van der Waals surface area contributed by atoms with Crippen LogP contribution in [0.25, 0.3) is 0 Å². The fraction of sp³-hybridized carbons (Fsp3) is 0. The molecule has 0 aliphatic carbocycles. The largest absolute Gasteiger partial charge is 0.504 e. The Morgan fingerprint density at radius 3 is 1.95 bits per heavy atom. The van der Waals surface area contributed by atoms with E-state index in [1.165, 1.54) is 12.1 Å². The SMILES string of the molecule is O=C(c1ccc(O)c(O)c1Br)c1cc(O)c(O)c(Br)c1Br. The summed E-state index contributed by atoms with van der Waals surface area (Å²) in [7, 11) is 0. The van der Waals surface area contributed by atoms with Crippen molar-refractivity contribution in [3.63, 3.8) is 0 Å². The molecule has 8 heteroatoms. The number of phenolic OH excluding ortho intramolecular Hbond substituents is 4. The molecule has 5 nitrogen and oxygen atoms in total. The summed E-state index contributed by atoms with van der Waals surface area (Å²) in [5.74, 6) is -2.22. The smallest absolute Gasteiger partial charge is 0.195 e. The van der Waals surface area contributed by atoms with Crippen molar-refractivity contribution >= 4 is 53.6 Å². The summed E-state index contributed by atoms with van der Waals surface area (Å²) in [5, 5.41) is 38.2. The van der Waals surface area contributed by atoms with Gasteiger partial charge in [-0.3, -0.25) is 4.79 Å². The molecule has 0 fully saturated rings. The number of hydrogen-bond acceptors (Lipinski definition) is 5. The molecule has 110 valence electrons. The van der Waals surface area contributed by atoms with Gasteiger partial charge in [0.25, 0.3) is 0 Å². The number of benzene rings is 2. The third-order valence-electron chi connectivity index (χ3n) is 2.74. The molecule has 0 bridgehead atoms. The lowest BCUT2D eigenvalue weighted by molar-refractivity contribution is 0.103. The van der Waals surface area contributed by atoms with Crippen molar-refractivity contribution in [1.29, 1.82) is 0 Å². The maximum absolute atomic E-state index is 12.5. The maximum atomic E-state index is 12.5. The lowest BCUT2D eigenvalue weighted by atomic mass is 10.0. The molecular weight excluding hydrogens is 476 g/mol. The third kappa shape index (κ3) is 2.75. The number of phenols is 4. The molecule has 2 aromatic carbocycles. The van der Waals surface area contributed by atoms with Gasteiger partial charge in [-0.1, -0.05) is 0 Å². The lowest BCUT2D eigenvalue weighted by Crippen LogP contribution is -2.04. The van der Waals surface area contributed by atoms with E-state index in [4.69, 9.17) is 0 Å². The van der Waals surface area contributed by atoms with E-state index < -0.39 is 23.0 Å². The minimum atomic E-state index is -0.528. The molecule has 0 aliphatic heterocycles. The second-order valence-electron chi connectivity index (χ2n) is 4.04. The number of hydrogen-bond donors (Lipinski definition) is 4. The average molecular weight is 483 g/mol. The monoisotopic (exact) mass is 480 g/mol. The van der Waals surface area contributed by atoms with Gasteiger partial charge in [0.2, 0.25) is 0 Å². The van der Waals surface area contributed by atoms with Crippen molar-refractivity contribution in [2.75, 3.05) is 0 Å². The zero-order valence-corrected chi connectivity index (χ0v) is 14.8. The van der Waals surface area contributed by atoms with Crippen LogP contribution in [-0.2, 0) is 0 Å². The van der Waals surface area contributed by atoms with Crippen molar-refractivity contribution in [3.8, 4) is 23.0 Å². The second-order valence-corrected chi connectivity index (χ2v) is 6.42. The molecule has 21 heavy (non-hydrogen) atoms. The van der Waals surface area contributed by atoms with E-state index in [0.717, 1.165) is 6.07 Å². The molecule has 0 radical (unpaired) electrons. The summed E-state index contributed by atoms with van der Waals surface area (Å²) in [5.41, 5.74) is 0.158. The Balaban J connectivity index is 2.64. The third-order valence-corrected chi connectivity index (χ3v) is 5.68. The Morgan fingerprint density at radius 1 is 0.762 bits per heavy atom. The van der Waals surface area contributed by atoms with Gasteiger partial charge in [0.05, 0.1) is 8.95 Å². The van der Waals surface area contributed by atoms with E-state index in [9.17, 15) is 25.2 Å². The van der Waals surface area contributed by atoms with Gasteiger partial charge >= 0.3 is 0 Å². The summed E-state index contributed by atoms with van der Waals surface area (Å²) in [4.78, 5) is 12.5. The van der Waals surface area contributed by atoms with Crippen molar-refractivity contribution in [2.24, 2.45) is 0 Å². The van der Waals surface area contributed by atoms with Gasteiger partial charge in [0.15, 0.2) is 28.8 Å². The quantitative estimate of drug-likeness (QED) is 0.383. The zero-order chi connectivity index (χ0) is 15.9. The highest BCUT2D eigenvalue weighted by atomic mass is 79.9. The van der Waals surface area contributed by atoms with Crippen molar-refractivity contribution < 1.29 is 25.2 Å². The van der Waals surface area contributed by atoms with Crippen LogP contribution in [0, 0.1) is 0 Å². The molecule has 0 spiro atoms. The van der Waals surface area contributed by atoms with E-state index >= 15 is 0 Å². The van der Waals surface area contributed by atoms with Crippen LogP contribution in [0.2, 0.25) is 0 Å². The van der Waals surface area contributed by atoms with Crippen molar-refractivity contribution in [3.05, 3.63) is 42.7 Å². The van der Waals surface area contributed by atoms with E-state index in [1.54, 1.807) is 0 Å². The van der Waals surface area contributed by atoms with Gasteiger partial charge in [0, 0.05) is 15.6 Å². The fourth-order valence-electron chi connectivity index (χ4n) is 1.64. The average Bonchev–Trinajstić information content (AvgIpc) is 2.46. The first-order valence-corrected chi connectivity index (χ1v) is 7.78. The molecule has 0 aromatic heterocycles. The Morgan fingerprint density at radius 2 is 1.33 bits per heavy atom. The van der Waals surface area contributed by atoms with Crippen LogP contribution in [0.3, 0.4) is 0 Å². The Hall–Kier alpha value is -1.25. The normalized spacial score (nSPS) is 10.6. The second kappa shape index (κ2) is 5.86. The minimum absolute atomic E-state index is 0.0306. The first-order valence-electron chi connectivity index (χ1n) is 5.40. The molecule has 2 rings (SSSR count). The Kier molecular flexibility index (Phi) is 4.50. The highest BCUT2D eigenvalue weighted by Gasteiger charge is 2.23. The molecular formula is C13H7Br3O5. The number of carbonyl (C=O) groups is 1. The summed E-state index contributed by atoms with van der Waals surface area (Å²) >= 11 is 9.25. The van der Waals surface area contributed by atoms with E-state index in [2.05, 4.69) is 47.8 Å². The van der Waals surface area contributed by atoms with Crippen LogP contribution in [0.1, 0.15) is 15.9 Å². The molecule has 0 heterocycles. The predicted octanol–water partition coefficient (Wildman–Crippen LogP) is 4.03. The fourth-order valence-corrected chi connectivity index (χ4v) is 3.06. The highest BCUT2D eigenvalue weighted by molar-refractivity contribution is 9.13. The van der Waals surface area contributed by atoms with Gasteiger partial charge in [-0.25, -0.2) is 0 Å². The van der Waals surface area contributed by atoms with Gasteiger partial charge < -0.3 is 20.4 Å². The number of ketones is 1. The number of rotatable bonds is 2. The van der Waals surface area contributed by atoms with Crippen LogP contribution in [0.4, 0.5) is 0 Å². The summed E-state index contributed by atoms with van der Waals surface area (Å²) in [6.07, 6.45) is 0. The molecule has 0 aliphatic rings. The first kappa shape index (κ1) is 16.1. The summed E-state index contributed by atoms with van der Waals surface area (Å²) < 4.78 is 0.412. The minimum Gasteiger partial charge on any atom is -0.504 e. The molecule has 0 atom stereocenters. The summed E-state index contributed by atoms with van der Waals surface area (Å²) in [6.45, 7) is 0. The molecule has 0 amide bonds. The van der Waals surface area contributed by atoms with Crippen LogP contribution in [-0.4, -0.2) is 26.2 Å². The first-order chi connectivity index (χ1) is 9.75. The maximum Gasteiger partial charge on any atom is 0.195 e. The van der Waals surface area contributed by atoms with Crippen LogP contribution >= 0.6 is 47.8 Å². The molecule has 4 N–H and O–H groups in total. The highest BCUT2D eigenvalue weighted by Crippen LogP contribution is 2.43. The molecule has 0 unspecified atom stereocenters. The Bertz CT molecular complexity index is 758. The van der Waals surface area contributed by atoms with Gasteiger partial charge in [-0.05, 0) is 66.0 Å². The number of aromatic hydroxyl groups is 4. The molecule has 0 saturated carbocycles. The van der Waals surface area contributed by atoms with E-state index in [0.29, 0.717) is 0 Å². The zero-order valence-electron chi connectivity index (χ0n) is 10.1. The van der Waals surface area contributed by atoms with Crippen LogP contribution in [0.5, 0.6) is 23.0 Å².